The molecule has 0 fully saturated rings. The van der Waals surface area contributed by atoms with Crippen LogP contribution < -0.4 is 0 Å². The maximum Gasteiger partial charge on any atom is 0.159 e. The number of carbonyl (C=O) groups is 1. The fourth-order valence-electron chi connectivity index (χ4n) is 1.88. The summed E-state index contributed by atoms with van der Waals surface area (Å²) in [5.74, 6) is 2.09. The molecule has 0 spiro atoms. The Bertz CT molecular complexity index is 362. The number of allylic oxidation sites excluding steroid dienone is 2. The van der Waals surface area contributed by atoms with Gasteiger partial charge < -0.3 is 9.15 Å². The topological polar surface area (TPSA) is 39.4 Å². The predicted molar refractivity (Wildman–Crippen MR) is 55.4 cm³/mol. The Labute approximate surface area is 88.7 Å². The second kappa shape index (κ2) is 4.34. The highest BCUT2D eigenvalue weighted by atomic mass is 16.5. The highest BCUT2D eigenvalue weighted by Crippen LogP contribution is 2.31. The van der Waals surface area contributed by atoms with Gasteiger partial charge in [-0.2, -0.15) is 0 Å². The first-order valence-electron chi connectivity index (χ1n) is 5.10. The van der Waals surface area contributed by atoms with Crippen molar-refractivity contribution < 1.29 is 13.9 Å². The molecule has 1 atom stereocenters. The van der Waals surface area contributed by atoms with Crippen LogP contribution in [0.4, 0.5) is 0 Å². The van der Waals surface area contributed by atoms with E-state index in [9.17, 15) is 4.79 Å². The van der Waals surface area contributed by atoms with Crippen LogP contribution >= 0.6 is 0 Å². The van der Waals surface area contributed by atoms with Crippen LogP contribution in [-0.2, 0) is 9.53 Å². The number of hydrogen-bond donors (Lipinski definition) is 0. The molecule has 0 saturated heterocycles. The van der Waals surface area contributed by atoms with Crippen LogP contribution in [0.3, 0.4) is 0 Å². The Morgan fingerprint density at radius 3 is 3.07 bits per heavy atom. The summed E-state index contributed by atoms with van der Waals surface area (Å²) >= 11 is 0. The second-order valence-corrected chi connectivity index (χ2v) is 3.74. The number of hydrogen-bond acceptors (Lipinski definition) is 3. The van der Waals surface area contributed by atoms with Crippen LogP contribution in [0.25, 0.3) is 0 Å². The smallest absolute Gasteiger partial charge is 0.159 e. The summed E-state index contributed by atoms with van der Waals surface area (Å²) in [4.78, 5) is 11.4. The van der Waals surface area contributed by atoms with Gasteiger partial charge in [-0.05, 0) is 18.6 Å². The lowest BCUT2D eigenvalue weighted by Gasteiger charge is -2.12. The van der Waals surface area contributed by atoms with Crippen LogP contribution in [-0.4, -0.2) is 12.9 Å². The van der Waals surface area contributed by atoms with E-state index in [0.717, 1.165) is 24.4 Å². The van der Waals surface area contributed by atoms with Crippen molar-refractivity contribution in [3.05, 3.63) is 36.0 Å². The summed E-state index contributed by atoms with van der Waals surface area (Å²) < 4.78 is 10.5. The van der Waals surface area contributed by atoms with Crippen LogP contribution in [0.5, 0.6) is 0 Å². The van der Waals surface area contributed by atoms with E-state index in [1.165, 1.54) is 0 Å². The molecule has 15 heavy (non-hydrogen) atoms. The first kappa shape index (κ1) is 10.0. The SMILES string of the molecule is COC1=CC(=O)CC[C@H](c2ccco2)C1. The molecule has 1 aliphatic rings. The summed E-state index contributed by atoms with van der Waals surface area (Å²) in [6.07, 6.45) is 5.41. The van der Waals surface area contributed by atoms with E-state index in [2.05, 4.69) is 0 Å². The number of carbonyl (C=O) groups excluding carboxylic acids is 1. The third-order valence-electron chi connectivity index (χ3n) is 2.72. The van der Waals surface area contributed by atoms with E-state index >= 15 is 0 Å². The zero-order valence-corrected chi connectivity index (χ0v) is 8.73. The Balaban J connectivity index is 2.16. The molecule has 0 bridgehead atoms. The second-order valence-electron chi connectivity index (χ2n) is 3.74. The van der Waals surface area contributed by atoms with Gasteiger partial charge in [0.2, 0.25) is 0 Å². The van der Waals surface area contributed by atoms with Crippen molar-refractivity contribution in [3.63, 3.8) is 0 Å². The summed E-state index contributed by atoms with van der Waals surface area (Å²) in [6, 6.07) is 3.83. The zero-order chi connectivity index (χ0) is 10.7. The minimum Gasteiger partial charge on any atom is -0.501 e. The van der Waals surface area contributed by atoms with Crippen molar-refractivity contribution in [2.45, 2.75) is 25.2 Å². The first-order valence-corrected chi connectivity index (χ1v) is 5.10. The minimum absolute atomic E-state index is 0.140. The molecule has 0 radical (unpaired) electrons. The van der Waals surface area contributed by atoms with Crippen molar-refractivity contribution in [2.75, 3.05) is 7.11 Å². The Morgan fingerprint density at radius 2 is 2.40 bits per heavy atom. The Kier molecular flexibility index (Phi) is 2.90. The number of methoxy groups -OCH3 is 1. The summed E-state index contributed by atoms with van der Waals surface area (Å²) in [7, 11) is 1.60. The van der Waals surface area contributed by atoms with E-state index < -0.39 is 0 Å². The lowest BCUT2D eigenvalue weighted by atomic mass is 9.97. The van der Waals surface area contributed by atoms with Crippen molar-refractivity contribution in [1.29, 1.82) is 0 Å². The van der Waals surface area contributed by atoms with Gasteiger partial charge in [0, 0.05) is 24.8 Å². The van der Waals surface area contributed by atoms with Crippen LogP contribution in [0.2, 0.25) is 0 Å². The molecule has 0 aromatic carbocycles. The molecule has 80 valence electrons. The fraction of sp³-hybridized carbons (Fsp3) is 0.417. The molecule has 1 aliphatic carbocycles. The quantitative estimate of drug-likeness (QED) is 0.746. The van der Waals surface area contributed by atoms with Gasteiger partial charge in [0.1, 0.15) is 5.76 Å². The third kappa shape index (κ3) is 2.29. The lowest BCUT2D eigenvalue weighted by molar-refractivity contribution is -0.114. The minimum atomic E-state index is 0.140. The van der Waals surface area contributed by atoms with E-state index in [1.807, 2.05) is 12.1 Å². The number of ether oxygens (including phenoxy) is 1. The van der Waals surface area contributed by atoms with Gasteiger partial charge in [-0.25, -0.2) is 0 Å². The normalized spacial score (nSPS) is 22.1. The van der Waals surface area contributed by atoms with E-state index in [1.54, 1.807) is 19.4 Å². The largest absolute Gasteiger partial charge is 0.501 e. The molecule has 3 heteroatoms. The molecule has 1 aromatic heterocycles. The molecular formula is C12H14O3. The van der Waals surface area contributed by atoms with E-state index in [-0.39, 0.29) is 11.7 Å². The molecule has 0 unspecified atom stereocenters. The molecule has 3 nitrogen and oxygen atoms in total. The third-order valence-corrected chi connectivity index (χ3v) is 2.72. The van der Waals surface area contributed by atoms with Crippen molar-refractivity contribution >= 4 is 5.78 Å². The molecule has 1 aromatic rings. The maximum atomic E-state index is 11.4. The predicted octanol–water partition coefficient (Wildman–Crippen LogP) is 2.65. The summed E-state index contributed by atoms with van der Waals surface area (Å²) in [6.45, 7) is 0. The summed E-state index contributed by atoms with van der Waals surface area (Å²) in [5.41, 5.74) is 0. The monoisotopic (exact) mass is 206 g/mol. The molecule has 2 rings (SSSR count). The molecule has 0 N–H and O–H groups in total. The highest BCUT2D eigenvalue weighted by Gasteiger charge is 2.21. The zero-order valence-electron chi connectivity index (χ0n) is 8.73. The average molecular weight is 206 g/mol. The lowest BCUT2D eigenvalue weighted by Crippen LogP contribution is -1.98. The molecule has 0 aliphatic heterocycles. The standard InChI is InChI=1S/C12H14O3/c1-14-11-7-9(4-5-10(13)8-11)12-3-2-6-15-12/h2-3,6,8-9H,4-5,7H2,1H3/t9-/m0/s1. The van der Waals surface area contributed by atoms with Crippen molar-refractivity contribution in [2.24, 2.45) is 0 Å². The molecule has 1 heterocycles. The molecule has 0 amide bonds. The van der Waals surface area contributed by atoms with Crippen molar-refractivity contribution in [1.82, 2.24) is 0 Å². The molecule has 0 saturated carbocycles. The first-order chi connectivity index (χ1) is 7.29. The van der Waals surface area contributed by atoms with E-state index in [0.29, 0.717) is 6.42 Å². The number of furan rings is 1. The maximum absolute atomic E-state index is 11.4. The van der Waals surface area contributed by atoms with Gasteiger partial charge in [-0.1, -0.05) is 0 Å². The van der Waals surface area contributed by atoms with Gasteiger partial charge in [-0.3, -0.25) is 4.79 Å². The van der Waals surface area contributed by atoms with Gasteiger partial charge in [-0.15, -0.1) is 0 Å². The van der Waals surface area contributed by atoms with Crippen molar-refractivity contribution in [3.8, 4) is 0 Å². The Hall–Kier alpha value is -1.51. The van der Waals surface area contributed by atoms with Crippen LogP contribution in [0.15, 0.2) is 34.6 Å². The van der Waals surface area contributed by atoms with E-state index in [4.69, 9.17) is 9.15 Å². The average Bonchev–Trinajstić information content (AvgIpc) is 2.69. The number of ketones is 1. The fourth-order valence-corrected chi connectivity index (χ4v) is 1.88. The van der Waals surface area contributed by atoms with Gasteiger partial charge in [0.25, 0.3) is 0 Å². The number of rotatable bonds is 2. The Morgan fingerprint density at radius 1 is 1.53 bits per heavy atom. The van der Waals surface area contributed by atoms with Crippen LogP contribution in [0.1, 0.15) is 30.9 Å². The molecular weight excluding hydrogens is 192 g/mol. The summed E-state index contributed by atoms with van der Waals surface area (Å²) in [5, 5.41) is 0. The van der Waals surface area contributed by atoms with Crippen LogP contribution in [0, 0.1) is 0 Å². The van der Waals surface area contributed by atoms with Gasteiger partial charge in [0.05, 0.1) is 19.1 Å². The van der Waals surface area contributed by atoms with Gasteiger partial charge >= 0.3 is 0 Å². The van der Waals surface area contributed by atoms with Gasteiger partial charge in [0.15, 0.2) is 5.78 Å². The highest BCUT2D eigenvalue weighted by molar-refractivity contribution is 5.90.